The predicted molar refractivity (Wildman–Crippen MR) is 76.2 cm³/mol. The lowest BCUT2D eigenvalue weighted by Gasteiger charge is -2.34. The number of carbonyl (C=O) groups is 1. The minimum atomic E-state index is 0.00694. The topological polar surface area (TPSA) is 40.5 Å². The predicted octanol–water partition coefficient (Wildman–Crippen LogP) is 2.65. The summed E-state index contributed by atoms with van der Waals surface area (Å²) in [5.41, 5.74) is 1.01. The molecule has 1 aromatic rings. The molecule has 0 spiro atoms. The van der Waals surface area contributed by atoms with E-state index in [-0.39, 0.29) is 18.6 Å². The summed E-state index contributed by atoms with van der Waals surface area (Å²) < 4.78 is 0. The van der Waals surface area contributed by atoms with E-state index in [1.165, 1.54) is 0 Å². The Hall–Kier alpha value is -1.06. The van der Waals surface area contributed by atoms with Crippen LogP contribution in [0.4, 0.5) is 0 Å². The van der Waals surface area contributed by atoms with E-state index in [1.807, 2.05) is 29.2 Å². The molecule has 19 heavy (non-hydrogen) atoms. The molecule has 1 atom stereocenters. The van der Waals surface area contributed by atoms with Gasteiger partial charge < -0.3 is 10.0 Å². The van der Waals surface area contributed by atoms with Crippen LogP contribution in [-0.4, -0.2) is 35.1 Å². The monoisotopic (exact) mass is 281 g/mol. The maximum Gasteiger partial charge on any atom is 0.223 e. The normalized spacial score (nSPS) is 19.5. The van der Waals surface area contributed by atoms with Crippen molar-refractivity contribution in [1.29, 1.82) is 0 Å². The molecule has 0 radical (unpaired) electrons. The standard InChI is InChI=1S/C15H20ClNO2/c16-14-7-2-1-5-12(14)8-9-15(19)17-10-4-3-6-13(17)11-18/h1-2,5,7,13,18H,3-4,6,8-11H2. The highest BCUT2D eigenvalue weighted by molar-refractivity contribution is 6.31. The van der Waals surface area contributed by atoms with Crippen LogP contribution in [0, 0.1) is 0 Å². The summed E-state index contributed by atoms with van der Waals surface area (Å²) in [6.07, 6.45) is 4.16. The molecule has 1 heterocycles. The largest absolute Gasteiger partial charge is 0.394 e. The first kappa shape index (κ1) is 14.4. The van der Waals surface area contributed by atoms with Gasteiger partial charge in [0, 0.05) is 18.0 Å². The van der Waals surface area contributed by atoms with Crippen LogP contribution in [0.15, 0.2) is 24.3 Å². The van der Waals surface area contributed by atoms with Crippen molar-refractivity contribution in [2.45, 2.75) is 38.1 Å². The average molecular weight is 282 g/mol. The lowest BCUT2D eigenvalue weighted by molar-refractivity contribution is -0.135. The molecule has 0 aromatic heterocycles. The van der Waals surface area contributed by atoms with Crippen molar-refractivity contribution in [1.82, 2.24) is 4.90 Å². The Morgan fingerprint density at radius 2 is 2.16 bits per heavy atom. The van der Waals surface area contributed by atoms with E-state index in [0.717, 1.165) is 31.4 Å². The highest BCUT2D eigenvalue weighted by Gasteiger charge is 2.25. The number of aryl methyl sites for hydroxylation is 1. The molecule has 1 fully saturated rings. The van der Waals surface area contributed by atoms with Crippen molar-refractivity contribution in [2.75, 3.05) is 13.2 Å². The van der Waals surface area contributed by atoms with Gasteiger partial charge in [-0.05, 0) is 37.3 Å². The Morgan fingerprint density at radius 3 is 2.89 bits per heavy atom. The third-order valence-corrected chi connectivity index (χ3v) is 4.09. The number of amides is 1. The van der Waals surface area contributed by atoms with Gasteiger partial charge in [-0.25, -0.2) is 0 Å². The number of piperidine rings is 1. The van der Waals surface area contributed by atoms with Gasteiger partial charge in [-0.15, -0.1) is 0 Å². The van der Waals surface area contributed by atoms with Gasteiger partial charge >= 0.3 is 0 Å². The summed E-state index contributed by atoms with van der Waals surface area (Å²) >= 11 is 6.08. The molecule has 0 aliphatic carbocycles. The van der Waals surface area contributed by atoms with Gasteiger partial charge in [-0.1, -0.05) is 29.8 Å². The zero-order chi connectivity index (χ0) is 13.7. The zero-order valence-corrected chi connectivity index (χ0v) is 11.8. The van der Waals surface area contributed by atoms with E-state index < -0.39 is 0 Å². The smallest absolute Gasteiger partial charge is 0.223 e. The van der Waals surface area contributed by atoms with E-state index in [1.54, 1.807) is 0 Å². The van der Waals surface area contributed by atoms with Crippen molar-refractivity contribution in [3.8, 4) is 0 Å². The summed E-state index contributed by atoms with van der Waals surface area (Å²) in [6, 6.07) is 7.63. The van der Waals surface area contributed by atoms with Gasteiger partial charge in [0.1, 0.15) is 0 Å². The molecule has 1 saturated heterocycles. The zero-order valence-electron chi connectivity index (χ0n) is 11.0. The fraction of sp³-hybridized carbons (Fsp3) is 0.533. The van der Waals surface area contributed by atoms with E-state index in [4.69, 9.17) is 11.6 Å². The van der Waals surface area contributed by atoms with E-state index in [0.29, 0.717) is 17.9 Å². The number of aliphatic hydroxyl groups excluding tert-OH is 1. The number of benzene rings is 1. The number of aliphatic hydroxyl groups is 1. The van der Waals surface area contributed by atoms with E-state index >= 15 is 0 Å². The van der Waals surface area contributed by atoms with E-state index in [9.17, 15) is 9.90 Å². The highest BCUT2D eigenvalue weighted by Crippen LogP contribution is 2.20. The Labute approximate surface area is 119 Å². The lowest BCUT2D eigenvalue weighted by atomic mass is 10.0. The molecule has 2 rings (SSSR count). The molecule has 1 unspecified atom stereocenters. The molecule has 3 nitrogen and oxygen atoms in total. The van der Waals surface area contributed by atoms with Gasteiger partial charge in [-0.2, -0.15) is 0 Å². The SMILES string of the molecule is O=C(CCc1ccccc1Cl)N1CCCCC1CO. The van der Waals surface area contributed by atoms with Crippen LogP contribution in [0.1, 0.15) is 31.2 Å². The fourth-order valence-corrected chi connectivity index (χ4v) is 2.84. The first-order chi connectivity index (χ1) is 9.22. The number of nitrogens with zero attached hydrogens (tertiary/aromatic N) is 1. The molecule has 1 N–H and O–H groups in total. The van der Waals surface area contributed by atoms with E-state index in [2.05, 4.69) is 0 Å². The van der Waals surface area contributed by atoms with Crippen molar-refractivity contribution < 1.29 is 9.90 Å². The van der Waals surface area contributed by atoms with Gasteiger partial charge in [0.25, 0.3) is 0 Å². The molecule has 1 amide bonds. The van der Waals surface area contributed by atoms with Crippen LogP contribution < -0.4 is 0 Å². The van der Waals surface area contributed by atoms with Gasteiger partial charge in [0.15, 0.2) is 0 Å². The minimum absolute atomic E-state index is 0.00694. The third kappa shape index (κ3) is 3.71. The van der Waals surface area contributed by atoms with Crippen LogP contribution in [0.3, 0.4) is 0 Å². The second-order valence-electron chi connectivity index (χ2n) is 5.01. The quantitative estimate of drug-likeness (QED) is 0.922. The number of halogens is 1. The Morgan fingerprint density at radius 1 is 1.37 bits per heavy atom. The van der Waals surface area contributed by atoms with Gasteiger partial charge in [0.05, 0.1) is 12.6 Å². The first-order valence-corrected chi connectivity index (χ1v) is 7.24. The number of hydrogen-bond donors (Lipinski definition) is 1. The number of rotatable bonds is 4. The summed E-state index contributed by atoms with van der Waals surface area (Å²) in [7, 11) is 0. The first-order valence-electron chi connectivity index (χ1n) is 6.86. The molecule has 1 aliphatic rings. The van der Waals surface area contributed by atoms with Crippen molar-refractivity contribution in [3.05, 3.63) is 34.9 Å². The fourth-order valence-electron chi connectivity index (χ4n) is 2.61. The number of likely N-dealkylation sites (tertiary alicyclic amines) is 1. The van der Waals surface area contributed by atoms with Crippen LogP contribution >= 0.6 is 11.6 Å². The summed E-state index contributed by atoms with van der Waals surface area (Å²) in [5.74, 6) is 0.124. The minimum Gasteiger partial charge on any atom is -0.394 e. The summed E-state index contributed by atoms with van der Waals surface area (Å²) in [6.45, 7) is 0.838. The number of carbonyl (C=O) groups excluding carboxylic acids is 1. The Kier molecular flexibility index (Phi) is 5.23. The van der Waals surface area contributed by atoms with Crippen LogP contribution in [0.5, 0.6) is 0 Å². The maximum atomic E-state index is 12.2. The van der Waals surface area contributed by atoms with Crippen molar-refractivity contribution >= 4 is 17.5 Å². The second kappa shape index (κ2) is 6.92. The molecule has 1 aromatic carbocycles. The lowest BCUT2D eigenvalue weighted by Crippen LogP contribution is -2.45. The van der Waals surface area contributed by atoms with Crippen LogP contribution in [0.25, 0.3) is 0 Å². The Balaban J connectivity index is 1.92. The molecular weight excluding hydrogens is 262 g/mol. The second-order valence-corrected chi connectivity index (χ2v) is 5.42. The molecule has 0 bridgehead atoms. The molecule has 1 aliphatic heterocycles. The molecule has 4 heteroatoms. The third-order valence-electron chi connectivity index (χ3n) is 3.72. The molecule has 0 saturated carbocycles. The number of hydrogen-bond acceptors (Lipinski definition) is 2. The van der Waals surface area contributed by atoms with Crippen molar-refractivity contribution in [3.63, 3.8) is 0 Å². The van der Waals surface area contributed by atoms with Crippen LogP contribution in [0.2, 0.25) is 5.02 Å². The average Bonchev–Trinajstić information content (AvgIpc) is 2.46. The van der Waals surface area contributed by atoms with Crippen LogP contribution in [-0.2, 0) is 11.2 Å². The van der Waals surface area contributed by atoms with Crippen molar-refractivity contribution in [2.24, 2.45) is 0 Å². The Bertz CT molecular complexity index is 436. The molecule has 104 valence electrons. The maximum absolute atomic E-state index is 12.2. The highest BCUT2D eigenvalue weighted by atomic mass is 35.5. The summed E-state index contributed by atoms with van der Waals surface area (Å²) in [5, 5.41) is 10.0. The summed E-state index contributed by atoms with van der Waals surface area (Å²) in [4.78, 5) is 14.1. The van der Waals surface area contributed by atoms with Gasteiger partial charge in [0.2, 0.25) is 5.91 Å². The van der Waals surface area contributed by atoms with Gasteiger partial charge in [-0.3, -0.25) is 4.79 Å². The molecular formula is C15H20ClNO2.